The fourth-order valence-corrected chi connectivity index (χ4v) is 10.4. The van der Waals surface area contributed by atoms with Crippen molar-refractivity contribution in [2.75, 3.05) is 75.8 Å². The number of nitrogens with zero attached hydrogens (tertiary/aromatic N) is 10. The summed E-state index contributed by atoms with van der Waals surface area (Å²) in [6, 6.07) is 6.61. The summed E-state index contributed by atoms with van der Waals surface area (Å²) in [5.41, 5.74) is 1.91. The highest BCUT2D eigenvalue weighted by Gasteiger charge is 2.42. The molecule has 17 nitrogen and oxygen atoms in total. The van der Waals surface area contributed by atoms with Gasteiger partial charge >= 0.3 is 5.69 Å². The summed E-state index contributed by atoms with van der Waals surface area (Å²) in [7, 11) is 1.68. The Morgan fingerprint density at radius 2 is 1.84 bits per heavy atom. The second-order valence-corrected chi connectivity index (χ2v) is 18.2. The Morgan fingerprint density at radius 1 is 1.03 bits per heavy atom. The van der Waals surface area contributed by atoms with E-state index in [1.807, 2.05) is 24.3 Å². The third-order valence-electron chi connectivity index (χ3n) is 14.1. The van der Waals surface area contributed by atoms with E-state index in [4.69, 9.17) is 9.72 Å². The lowest BCUT2D eigenvalue weighted by Gasteiger charge is -2.37. The molecule has 1 saturated carbocycles. The van der Waals surface area contributed by atoms with Crippen molar-refractivity contribution >= 4 is 45.9 Å². The molecule has 1 spiro atoms. The molecule has 8 heterocycles. The van der Waals surface area contributed by atoms with Gasteiger partial charge in [0, 0.05) is 83.7 Å². The molecule has 2 atom stereocenters. The zero-order valence-electron chi connectivity index (χ0n) is 35.8. The monoisotopic (exact) mass is 878 g/mol. The van der Waals surface area contributed by atoms with Crippen molar-refractivity contribution in [2.45, 2.75) is 69.9 Å². The molecule has 4 saturated heterocycles. The Morgan fingerprint density at radius 3 is 2.61 bits per heavy atom. The third kappa shape index (κ3) is 8.07. The SMILES string of the molecule is Cn1c(=O)n(C2CCC(=O)NC2=O)c2cccc(C#CCN3CCN(C[C@H]4CC[C@H](n5cc(NC(=O)c6cnn7ccc(N8CCC9(CCOC9)C8)nc67)c(C(F)F)n5)CC4)CC3)c21. The fourth-order valence-electron chi connectivity index (χ4n) is 10.4. The second-order valence-electron chi connectivity index (χ2n) is 18.2. The predicted octanol–water partition coefficient (Wildman–Crippen LogP) is 3.76. The highest BCUT2D eigenvalue weighted by molar-refractivity contribution is 6.08. The number of amides is 3. The molecule has 1 aliphatic carbocycles. The number of piperidine rings is 1. The predicted molar refractivity (Wildman–Crippen MR) is 232 cm³/mol. The van der Waals surface area contributed by atoms with Crippen LogP contribution in [-0.2, 0) is 21.4 Å². The number of rotatable bonds is 9. The molecule has 5 aromatic rings. The summed E-state index contributed by atoms with van der Waals surface area (Å²) in [6.07, 6.45) is 7.87. The van der Waals surface area contributed by atoms with Gasteiger partial charge in [-0.05, 0) is 69.1 Å². The van der Waals surface area contributed by atoms with Crippen LogP contribution >= 0.6 is 0 Å². The lowest BCUT2D eigenvalue weighted by molar-refractivity contribution is -0.135. The molecule has 64 heavy (non-hydrogen) atoms. The van der Waals surface area contributed by atoms with E-state index in [0.29, 0.717) is 34.7 Å². The summed E-state index contributed by atoms with van der Waals surface area (Å²) in [5, 5.41) is 13.7. The summed E-state index contributed by atoms with van der Waals surface area (Å²) in [6.45, 7) is 8.32. The summed E-state index contributed by atoms with van der Waals surface area (Å²) >= 11 is 0. The van der Waals surface area contributed by atoms with Crippen molar-refractivity contribution in [1.29, 1.82) is 0 Å². The molecule has 4 aromatic heterocycles. The molecule has 3 amide bonds. The van der Waals surface area contributed by atoms with Crippen LogP contribution in [0.1, 0.15) is 91.5 Å². The number of para-hydroxylation sites is 1. The van der Waals surface area contributed by atoms with Gasteiger partial charge in [0.1, 0.15) is 17.4 Å². The van der Waals surface area contributed by atoms with Crippen LogP contribution in [0.25, 0.3) is 16.7 Å². The molecule has 10 rings (SSSR count). The molecular weight excluding hydrogens is 827 g/mol. The first-order chi connectivity index (χ1) is 31.0. The van der Waals surface area contributed by atoms with Gasteiger partial charge < -0.3 is 19.9 Å². The number of benzene rings is 1. The van der Waals surface area contributed by atoms with E-state index in [0.717, 1.165) is 103 Å². The number of anilines is 2. The topological polar surface area (TPSA) is 169 Å². The number of ether oxygens (including phenoxy) is 1. The number of imide groups is 1. The standard InChI is InChI=1S/C45H52F2N12O5/c1-53-39-30(4-2-6-34(39)59(44(53)63)35-11-12-37(60)51-43(35)62)5-3-16-54-19-21-55(22-20-54)25-29-7-9-31(10-8-29)58-26-33(38(52-58)40(46)47)49-42(61)32-24-48-57-17-13-36(50-41(32)57)56-18-14-45(27-56)15-23-64-28-45/h2,4,6,13,17,24,26,29,31,35,40H,7-12,14-16,18-23,25,27-28H2,1H3,(H,49,61)(H,51,60,62)/t29-,31-,35?,45?. The van der Waals surface area contributed by atoms with E-state index in [2.05, 4.69) is 47.4 Å². The molecule has 1 aromatic carbocycles. The van der Waals surface area contributed by atoms with Gasteiger partial charge in [-0.25, -0.2) is 23.1 Å². The number of piperazine rings is 1. The van der Waals surface area contributed by atoms with Crippen LogP contribution in [0.15, 0.2) is 47.7 Å². The maximum absolute atomic E-state index is 14.3. The molecule has 2 unspecified atom stereocenters. The number of hydrogen-bond acceptors (Lipinski definition) is 11. The number of carbonyl (C=O) groups excluding carboxylic acids is 3. The van der Waals surface area contributed by atoms with Crippen molar-refractivity contribution in [3.8, 4) is 11.8 Å². The lowest BCUT2D eigenvalue weighted by Crippen LogP contribution is -2.48. The lowest BCUT2D eigenvalue weighted by atomic mass is 9.85. The van der Waals surface area contributed by atoms with E-state index in [-0.39, 0.29) is 47.1 Å². The van der Waals surface area contributed by atoms with Gasteiger partial charge in [0.2, 0.25) is 11.8 Å². The van der Waals surface area contributed by atoms with Crippen LogP contribution in [0.2, 0.25) is 0 Å². The van der Waals surface area contributed by atoms with E-state index in [1.54, 1.807) is 24.1 Å². The Labute approximate surface area is 367 Å². The van der Waals surface area contributed by atoms with E-state index >= 15 is 0 Å². The van der Waals surface area contributed by atoms with Crippen LogP contribution < -0.4 is 21.2 Å². The molecule has 336 valence electrons. The first-order valence-electron chi connectivity index (χ1n) is 22.4. The first kappa shape index (κ1) is 42.0. The Balaban J connectivity index is 0.716. The molecule has 4 aliphatic heterocycles. The van der Waals surface area contributed by atoms with E-state index in [9.17, 15) is 28.0 Å². The largest absolute Gasteiger partial charge is 0.381 e. The molecule has 5 fully saturated rings. The van der Waals surface area contributed by atoms with Crippen LogP contribution in [0.5, 0.6) is 0 Å². The highest BCUT2D eigenvalue weighted by Crippen LogP contribution is 2.40. The van der Waals surface area contributed by atoms with Crippen molar-refractivity contribution in [1.82, 2.24) is 48.6 Å². The smallest absolute Gasteiger partial charge is 0.329 e. The van der Waals surface area contributed by atoms with Crippen molar-refractivity contribution in [3.05, 3.63) is 70.2 Å². The van der Waals surface area contributed by atoms with E-state index < -0.39 is 30.0 Å². The maximum Gasteiger partial charge on any atom is 0.329 e. The minimum Gasteiger partial charge on any atom is -0.381 e. The number of imidazole rings is 1. The molecule has 2 N–H and O–H groups in total. The minimum atomic E-state index is -2.86. The van der Waals surface area contributed by atoms with Gasteiger partial charge in [-0.3, -0.25) is 38.4 Å². The molecule has 19 heteroatoms. The Kier molecular flexibility index (Phi) is 11.3. The molecular formula is C45H52F2N12O5. The number of fused-ring (bicyclic) bond motifs is 2. The van der Waals surface area contributed by atoms with Crippen LogP contribution in [-0.4, -0.2) is 127 Å². The Bertz CT molecular complexity index is 2720. The number of alkyl halides is 2. The zero-order valence-corrected chi connectivity index (χ0v) is 35.8. The van der Waals surface area contributed by atoms with Crippen molar-refractivity contribution < 1.29 is 27.9 Å². The van der Waals surface area contributed by atoms with Gasteiger partial charge in [0.15, 0.2) is 11.3 Å². The Hall–Kier alpha value is -5.97. The highest BCUT2D eigenvalue weighted by atomic mass is 19.3. The summed E-state index contributed by atoms with van der Waals surface area (Å²) < 4.78 is 40.5. The number of hydrogen-bond donors (Lipinski definition) is 2. The second kappa shape index (κ2) is 17.2. The molecule has 0 bridgehead atoms. The summed E-state index contributed by atoms with van der Waals surface area (Å²) in [5.74, 6) is 6.44. The number of carbonyl (C=O) groups is 3. The molecule has 0 radical (unpaired) electrons. The first-order valence-corrected chi connectivity index (χ1v) is 22.4. The van der Waals surface area contributed by atoms with Gasteiger partial charge in [-0.1, -0.05) is 17.9 Å². The maximum atomic E-state index is 14.3. The van der Waals surface area contributed by atoms with Crippen LogP contribution in [0.4, 0.5) is 20.3 Å². The minimum absolute atomic E-state index is 0.00514. The van der Waals surface area contributed by atoms with Crippen molar-refractivity contribution in [2.24, 2.45) is 18.4 Å². The van der Waals surface area contributed by atoms with Crippen molar-refractivity contribution in [3.63, 3.8) is 0 Å². The average Bonchev–Trinajstić information content (AvgIpc) is 4.15. The number of aryl methyl sites for hydroxylation is 1. The number of halogens is 2. The fraction of sp³-hybridized carbons (Fsp3) is 0.533. The third-order valence-corrected chi connectivity index (χ3v) is 14.1. The van der Waals surface area contributed by atoms with E-state index in [1.165, 1.54) is 19.8 Å². The van der Waals surface area contributed by atoms with Crippen LogP contribution in [0.3, 0.4) is 0 Å². The normalized spacial score (nSPS) is 24.6. The van der Waals surface area contributed by atoms with Gasteiger partial charge in [0.25, 0.3) is 12.3 Å². The number of nitrogens with one attached hydrogen (secondary N) is 2. The van der Waals surface area contributed by atoms with Gasteiger partial charge in [-0.15, -0.1) is 0 Å². The van der Waals surface area contributed by atoms with Crippen LogP contribution in [0, 0.1) is 23.2 Å². The quantitative estimate of drug-likeness (QED) is 0.163. The molecule has 5 aliphatic rings. The average molecular weight is 879 g/mol. The number of aromatic nitrogens is 7. The zero-order chi connectivity index (χ0) is 44.1. The van der Waals surface area contributed by atoms with Gasteiger partial charge in [0.05, 0.1) is 47.7 Å². The van der Waals surface area contributed by atoms with Gasteiger partial charge in [-0.2, -0.15) is 10.2 Å². The summed E-state index contributed by atoms with van der Waals surface area (Å²) in [4.78, 5) is 63.1.